The first-order valence-electron chi connectivity index (χ1n) is 6.61. The highest BCUT2D eigenvalue weighted by molar-refractivity contribution is 5.83. The zero-order chi connectivity index (χ0) is 15.9. The van der Waals surface area contributed by atoms with E-state index >= 15 is 0 Å². The first-order valence-corrected chi connectivity index (χ1v) is 6.61. The van der Waals surface area contributed by atoms with E-state index in [0.717, 1.165) is 6.07 Å². The fraction of sp³-hybridized carbons (Fsp3) is 0.125. The first kappa shape index (κ1) is 15.5. The maximum absolute atomic E-state index is 13.1. The normalized spacial score (nSPS) is 11.4. The molecule has 0 bridgehead atoms. The molecule has 0 spiro atoms. The van der Waals surface area contributed by atoms with Gasteiger partial charge >= 0.3 is 0 Å². The van der Waals surface area contributed by atoms with Crippen molar-refractivity contribution in [3.63, 3.8) is 0 Å². The van der Waals surface area contributed by atoms with Crippen molar-refractivity contribution in [2.75, 3.05) is 6.61 Å². The molecule has 2 rings (SSSR count). The van der Waals surface area contributed by atoms with Gasteiger partial charge in [-0.25, -0.2) is 4.39 Å². The lowest BCUT2D eigenvalue weighted by Gasteiger charge is -2.05. The van der Waals surface area contributed by atoms with Crippen molar-refractivity contribution in [1.82, 2.24) is 0 Å². The smallest absolute Gasteiger partial charge is 0.165 e. The molecule has 0 saturated heterocycles. The maximum atomic E-state index is 13.1. The van der Waals surface area contributed by atoms with Crippen LogP contribution in [0.3, 0.4) is 0 Å². The summed E-state index contributed by atoms with van der Waals surface area (Å²) in [6, 6.07) is 8.72. The van der Waals surface area contributed by atoms with Crippen molar-refractivity contribution in [2.24, 2.45) is 10.2 Å². The Labute approximate surface area is 127 Å². The van der Waals surface area contributed by atoms with Crippen molar-refractivity contribution in [3.8, 4) is 17.2 Å². The van der Waals surface area contributed by atoms with Gasteiger partial charge < -0.3 is 14.9 Å². The van der Waals surface area contributed by atoms with Crippen LogP contribution in [0.4, 0.5) is 4.39 Å². The second-order valence-electron chi connectivity index (χ2n) is 4.36. The minimum atomic E-state index is -0.715. The van der Waals surface area contributed by atoms with Gasteiger partial charge in [0.25, 0.3) is 0 Å². The molecule has 0 heterocycles. The Balaban J connectivity index is 2.07. The predicted octanol–water partition coefficient (Wildman–Crippen LogP) is 3.09. The Morgan fingerprint density at radius 1 is 1.00 bits per heavy atom. The van der Waals surface area contributed by atoms with Crippen LogP contribution in [0.2, 0.25) is 0 Å². The minimum absolute atomic E-state index is 0.0575. The van der Waals surface area contributed by atoms with Crippen molar-refractivity contribution >= 4 is 12.4 Å². The van der Waals surface area contributed by atoms with Gasteiger partial charge in [0.15, 0.2) is 23.1 Å². The van der Waals surface area contributed by atoms with E-state index in [0.29, 0.717) is 23.5 Å². The molecule has 5 nitrogen and oxygen atoms in total. The molecule has 0 aromatic heterocycles. The SMILES string of the molecule is CCOc1cc(/C=N/N=C/c2ccc(O)c(F)c2)ccc1O. The number of phenolic OH excluding ortho intramolecular Hbond substituents is 2. The summed E-state index contributed by atoms with van der Waals surface area (Å²) in [6.45, 7) is 2.26. The second kappa shape index (κ2) is 7.21. The summed E-state index contributed by atoms with van der Waals surface area (Å²) in [6.07, 6.45) is 2.85. The number of ether oxygens (including phenoxy) is 1. The van der Waals surface area contributed by atoms with Crippen LogP contribution in [0, 0.1) is 5.82 Å². The fourth-order valence-electron chi connectivity index (χ4n) is 1.69. The number of benzene rings is 2. The lowest BCUT2D eigenvalue weighted by molar-refractivity contribution is 0.318. The van der Waals surface area contributed by atoms with Crippen LogP contribution in [0.25, 0.3) is 0 Å². The molecule has 2 N–H and O–H groups in total. The zero-order valence-electron chi connectivity index (χ0n) is 11.9. The molecule has 0 saturated carbocycles. The molecule has 0 atom stereocenters. The minimum Gasteiger partial charge on any atom is -0.505 e. The Hall–Kier alpha value is -2.89. The summed E-state index contributed by atoms with van der Waals surface area (Å²) in [5.41, 5.74) is 1.18. The van der Waals surface area contributed by atoms with E-state index in [2.05, 4.69) is 10.2 Å². The van der Waals surface area contributed by atoms with Gasteiger partial charge in [0.1, 0.15) is 0 Å². The van der Waals surface area contributed by atoms with Crippen molar-refractivity contribution in [3.05, 3.63) is 53.3 Å². The van der Waals surface area contributed by atoms with E-state index in [1.807, 2.05) is 6.92 Å². The molecular weight excluding hydrogens is 287 g/mol. The monoisotopic (exact) mass is 302 g/mol. The molecule has 114 valence electrons. The average Bonchev–Trinajstić information content (AvgIpc) is 2.50. The van der Waals surface area contributed by atoms with Gasteiger partial charge in [-0.05, 0) is 54.4 Å². The highest BCUT2D eigenvalue weighted by Gasteiger charge is 2.02. The Morgan fingerprint density at radius 2 is 1.59 bits per heavy atom. The molecule has 0 amide bonds. The van der Waals surface area contributed by atoms with Gasteiger partial charge in [-0.3, -0.25) is 0 Å². The summed E-state index contributed by atoms with van der Waals surface area (Å²) in [5.74, 6) is -0.695. The van der Waals surface area contributed by atoms with Gasteiger partial charge in [-0.15, -0.1) is 0 Å². The Morgan fingerprint density at radius 3 is 2.18 bits per heavy atom. The second-order valence-corrected chi connectivity index (χ2v) is 4.36. The van der Waals surface area contributed by atoms with Crippen LogP contribution in [0.1, 0.15) is 18.1 Å². The predicted molar refractivity (Wildman–Crippen MR) is 82.5 cm³/mol. The van der Waals surface area contributed by atoms with Crippen LogP contribution in [-0.4, -0.2) is 29.2 Å². The van der Waals surface area contributed by atoms with E-state index in [-0.39, 0.29) is 5.75 Å². The van der Waals surface area contributed by atoms with Crippen molar-refractivity contribution < 1.29 is 19.3 Å². The molecule has 6 heteroatoms. The molecule has 0 radical (unpaired) electrons. The largest absolute Gasteiger partial charge is 0.505 e. The van der Waals surface area contributed by atoms with E-state index in [9.17, 15) is 9.50 Å². The zero-order valence-corrected chi connectivity index (χ0v) is 11.9. The van der Waals surface area contributed by atoms with Crippen LogP contribution in [0.5, 0.6) is 17.2 Å². The number of aromatic hydroxyl groups is 2. The van der Waals surface area contributed by atoms with Gasteiger partial charge in [-0.2, -0.15) is 10.2 Å². The Bertz CT molecular complexity index is 715. The summed E-state index contributed by atoms with van der Waals surface area (Å²) < 4.78 is 18.4. The molecular formula is C16H15FN2O3. The third-order valence-corrected chi connectivity index (χ3v) is 2.74. The van der Waals surface area contributed by atoms with Gasteiger partial charge in [-0.1, -0.05) is 0 Å². The Kier molecular flexibility index (Phi) is 5.08. The number of phenols is 2. The summed E-state index contributed by atoms with van der Waals surface area (Å²) in [7, 11) is 0. The van der Waals surface area contributed by atoms with Crippen LogP contribution in [0.15, 0.2) is 46.6 Å². The number of hydrogen-bond acceptors (Lipinski definition) is 5. The standard InChI is InChI=1S/C16H15FN2O3/c1-2-22-16-8-12(4-6-15(16)21)10-19-18-9-11-3-5-14(20)13(17)7-11/h3-10,20-21H,2H2,1H3/b18-9+,19-10+. The van der Waals surface area contributed by atoms with Crippen LogP contribution in [-0.2, 0) is 0 Å². The molecule has 0 aliphatic carbocycles. The molecule has 0 aliphatic rings. The van der Waals surface area contributed by atoms with Crippen LogP contribution < -0.4 is 4.74 Å². The highest BCUT2D eigenvalue weighted by atomic mass is 19.1. The lowest BCUT2D eigenvalue weighted by Crippen LogP contribution is -1.93. The third kappa shape index (κ3) is 4.05. The number of halogens is 1. The van der Waals surface area contributed by atoms with Gasteiger partial charge in [0, 0.05) is 0 Å². The van der Waals surface area contributed by atoms with E-state index in [1.54, 1.807) is 12.1 Å². The van der Waals surface area contributed by atoms with Crippen molar-refractivity contribution in [2.45, 2.75) is 6.92 Å². The van der Waals surface area contributed by atoms with Gasteiger partial charge in [0.05, 0.1) is 19.0 Å². The first-order chi connectivity index (χ1) is 10.6. The number of hydrogen-bond donors (Lipinski definition) is 2. The summed E-state index contributed by atoms with van der Waals surface area (Å²) >= 11 is 0. The molecule has 2 aromatic carbocycles. The quantitative estimate of drug-likeness (QED) is 0.658. The lowest BCUT2D eigenvalue weighted by atomic mass is 10.2. The fourth-order valence-corrected chi connectivity index (χ4v) is 1.69. The molecule has 0 fully saturated rings. The topological polar surface area (TPSA) is 74.4 Å². The third-order valence-electron chi connectivity index (χ3n) is 2.74. The van der Waals surface area contributed by atoms with E-state index in [1.165, 1.54) is 30.6 Å². The van der Waals surface area contributed by atoms with E-state index in [4.69, 9.17) is 9.84 Å². The van der Waals surface area contributed by atoms with Gasteiger partial charge in [0.2, 0.25) is 0 Å². The summed E-state index contributed by atoms with van der Waals surface area (Å²) in [5, 5.41) is 26.3. The molecule has 2 aromatic rings. The van der Waals surface area contributed by atoms with Crippen LogP contribution >= 0.6 is 0 Å². The number of rotatable bonds is 5. The highest BCUT2D eigenvalue weighted by Crippen LogP contribution is 2.26. The summed E-state index contributed by atoms with van der Waals surface area (Å²) in [4.78, 5) is 0. The number of nitrogens with zero attached hydrogens (tertiary/aromatic N) is 2. The average molecular weight is 302 g/mol. The molecule has 0 aliphatic heterocycles. The van der Waals surface area contributed by atoms with E-state index < -0.39 is 11.6 Å². The maximum Gasteiger partial charge on any atom is 0.165 e. The molecule has 22 heavy (non-hydrogen) atoms. The molecule has 0 unspecified atom stereocenters. The van der Waals surface area contributed by atoms with Crippen molar-refractivity contribution in [1.29, 1.82) is 0 Å².